The summed E-state index contributed by atoms with van der Waals surface area (Å²) in [6.45, 7) is 14.7. The van der Waals surface area contributed by atoms with Crippen LogP contribution < -0.4 is 10.4 Å². The molecule has 0 N–H and O–H groups in total. The molecule has 0 unspecified atom stereocenters. The molecule has 67 heavy (non-hydrogen) atoms. The van der Waals surface area contributed by atoms with Gasteiger partial charge in [-0.1, -0.05) is 0 Å². The summed E-state index contributed by atoms with van der Waals surface area (Å²) in [5, 5.41) is -2.49. The summed E-state index contributed by atoms with van der Waals surface area (Å²) in [6.07, 6.45) is 3.14. The van der Waals surface area contributed by atoms with Gasteiger partial charge < -0.3 is 0 Å². The van der Waals surface area contributed by atoms with E-state index in [0.29, 0.717) is 0 Å². The van der Waals surface area contributed by atoms with E-state index in [0.717, 1.165) is 53.1 Å². The molecule has 2 aliphatic rings. The molecule has 0 radical (unpaired) electrons. The minimum absolute atomic E-state index is 0.162. The fraction of sp³-hybridized carbons (Fsp3) is 0.151. The third-order valence-corrected chi connectivity index (χ3v) is 40.6. The SMILES string of the molecule is CC=C(C)C(C)=[C](C)[Zr]([CH]1c2ccccc2-c2ccccc21)[Si](/B=C1\C=C(c2c(F)c(F)c(F)c(F)c2F)C([Si](C)(C)C)=C1c1c(F)c(F)c(F)c(F)c1F)(c1ccccc1)c1ccccc1. The van der Waals surface area contributed by atoms with Crippen LogP contribution in [0.3, 0.4) is 0 Å². The van der Waals surface area contributed by atoms with Gasteiger partial charge >= 0.3 is 395 Å². The Hall–Kier alpha value is -5.17. The molecule has 0 saturated heterocycles. The summed E-state index contributed by atoms with van der Waals surface area (Å²) < 4.78 is 159. The Labute approximate surface area is 392 Å². The minimum atomic E-state index is -3.96. The molecule has 8 rings (SSSR count). The van der Waals surface area contributed by atoms with Crippen LogP contribution in [0.1, 0.15) is 53.6 Å². The van der Waals surface area contributed by atoms with Crippen LogP contribution in [-0.2, 0) is 20.9 Å². The molecule has 6 aromatic carbocycles. The molecular formula is C53H42BF10Si2Zr. The van der Waals surface area contributed by atoms with Gasteiger partial charge in [-0.15, -0.1) is 0 Å². The molecule has 0 atom stereocenters. The molecule has 0 nitrogen and oxygen atoms in total. The number of halogens is 10. The Balaban J connectivity index is 1.66. The van der Waals surface area contributed by atoms with Crippen molar-refractivity contribution in [2.75, 3.05) is 0 Å². The van der Waals surface area contributed by atoms with Gasteiger partial charge in [-0.2, -0.15) is 0 Å². The van der Waals surface area contributed by atoms with Gasteiger partial charge in [0.05, 0.1) is 0 Å². The normalized spacial score (nSPS) is 15.1. The van der Waals surface area contributed by atoms with Crippen molar-refractivity contribution in [3.63, 3.8) is 0 Å². The van der Waals surface area contributed by atoms with E-state index in [1.54, 1.807) is 19.6 Å². The van der Waals surface area contributed by atoms with Crippen molar-refractivity contribution in [2.24, 2.45) is 0 Å². The van der Waals surface area contributed by atoms with E-state index in [-0.39, 0.29) is 14.3 Å². The number of hydrogen-bond acceptors (Lipinski definition) is 0. The number of benzene rings is 6. The number of rotatable bonds is 10. The van der Waals surface area contributed by atoms with Gasteiger partial charge in [0, 0.05) is 0 Å². The van der Waals surface area contributed by atoms with Crippen LogP contribution in [0.5, 0.6) is 0 Å². The average molecular weight is 1030 g/mol. The van der Waals surface area contributed by atoms with Crippen molar-refractivity contribution < 1.29 is 64.8 Å². The standard InChI is InChI=1S/C32H20BF10Si2.C13H9.C8H13.Zr/c1-45(2,3)32-17(19-22(34)26(38)30(42)27(39)23(19)35)14-18(20(32)21-24(36)28(40)31(43)29(41)25(21)37)33-44(15-10-6-4-7-11-15)16-12-8-5-9-13-16;1-3-7-12-10(5-1)9-11-6-2-4-8-13(11)12;1-5-7(3)8(4)6-2;/h4-14H,1-3H3;1-9H;5H,1-4H3;. The summed E-state index contributed by atoms with van der Waals surface area (Å²) in [6, 6.07) is 35.1. The number of hydrogen-bond donors (Lipinski definition) is 0. The van der Waals surface area contributed by atoms with Crippen LogP contribution in [0.2, 0.25) is 19.6 Å². The van der Waals surface area contributed by atoms with E-state index in [2.05, 4.69) is 31.2 Å². The molecule has 339 valence electrons. The Kier molecular flexibility index (Phi) is 13.3. The average Bonchev–Trinajstić information content (AvgIpc) is 3.87. The third-order valence-electron chi connectivity index (χ3n) is 13.2. The molecule has 6 aromatic rings. The van der Waals surface area contributed by atoms with E-state index < -0.39 is 115 Å². The van der Waals surface area contributed by atoms with Crippen molar-refractivity contribution in [1.82, 2.24) is 0 Å². The van der Waals surface area contributed by atoms with Crippen molar-refractivity contribution in [3.8, 4) is 11.1 Å². The van der Waals surface area contributed by atoms with Gasteiger partial charge in [0.25, 0.3) is 0 Å². The van der Waals surface area contributed by atoms with Gasteiger partial charge in [0.15, 0.2) is 0 Å². The van der Waals surface area contributed by atoms with E-state index in [1.807, 2.05) is 118 Å². The van der Waals surface area contributed by atoms with Crippen LogP contribution in [0.25, 0.3) is 22.3 Å². The van der Waals surface area contributed by atoms with Gasteiger partial charge in [-0.25, -0.2) is 0 Å². The Bertz CT molecular complexity index is 3030. The van der Waals surface area contributed by atoms with Gasteiger partial charge in [-0.3, -0.25) is 0 Å². The van der Waals surface area contributed by atoms with E-state index in [1.165, 1.54) is 0 Å². The predicted octanol–water partition coefficient (Wildman–Crippen LogP) is 13.6. The number of fused-ring (bicyclic) bond motifs is 3. The first-order valence-corrected chi connectivity index (χ1v) is 33.4. The zero-order chi connectivity index (χ0) is 48.4. The predicted molar refractivity (Wildman–Crippen MR) is 251 cm³/mol. The molecule has 0 fully saturated rings. The summed E-state index contributed by atoms with van der Waals surface area (Å²) in [7, 11) is -3.45. The van der Waals surface area contributed by atoms with Gasteiger partial charge in [-0.05, 0) is 0 Å². The Morgan fingerprint density at radius 1 is 0.522 bits per heavy atom. The summed E-state index contributed by atoms with van der Waals surface area (Å²) in [4.78, 5) is 0. The molecule has 14 heteroatoms. The van der Waals surface area contributed by atoms with Crippen molar-refractivity contribution in [1.29, 1.82) is 0 Å². The van der Waals surface area contributed by atoms with Gasteiger partial charge in [0.2, 0.25) is 0 Å². The molecule has 0 heterocycles. The fourth-order valence-corrected chi connectivity index (χ4v) is 41.8. The van der Waals surface area contributed by atoms with Crippen LogP contribution in [0.4, 0.5) is 43.9 Å². The topological polar surface area (TPSA) is 0 Å². The molecular weight excluding hydrogens is 985 g/mol. The second kappa shape index (κ2) is 18.4. The third kappa shape index (κ3) is 7.84. The van der Waals surface area contributed by atoms with E-state index in [4.69, 9.17) is 0 Å². The molecule has 0 bridgehead atoms. The molecule has 0 spiro atoms. The monoisotopic (exact) mass is 1030 g/mol. The second-order valence-corrected chi connectivity index (χ2v) is 40.2. The molecule has 0 aromatic heterocycles. The first-order valence-electron chi connectivity index (χ1n) is 21.5. The maximum absolute atomic E-state index is 16.7. The fourth-order valence-electron chi connectivity index (χ4n) is 9.88. The van der Waals surface area contributed by atoms with Crippen LogP contribution >= 0.6 is 0 Å². The molecule has 0 amide bonds. The molecule has 0 aliphatic heterocycles. The first kappa shape index (κ1) is 48.3. The summed E-state index contributed by atoms with van der Waals surface area (Å²) in [5.74, 6) is -22.7. The van der Waals surface area contributed by atoms with Gasteiger partial charge in [0.1, 0.15) is 0 Å². The van der Waals surface area contributed by atoms with Crippen LogP contribution in [0.15, 0.2) is 141 Å². The summed E-state index contributed by atoms with van der Waals surface area (Å²) in [5.41, 5.74) is 2.06. The van der Waals surface area contributed by atoms with Crippen molar-refractivity contribution in [2.45, 2.75) is 51.0 Å². The number of allylic oxidation sites excluding steroid dienone is 8. The molecule has 2 aliphatic carbocycles. The quantitative estimate of drug-likeness (QED) is 0.0422. The summed E-state index contributed by atoms with van der Waals surface area (Å²) >= 11 is -3.96. The van der Waals surface area contributed by atoms with Crippen molar-refractivity contribution >= 4 is 46.6 Å². The van der Waals surface area contributed by atoms with Crippen LogP contribution in [-0.4, -0.2) is 25.1 Å². The molecule has 0 saturated carbocycles. The Morgan fingerprint density at radius 2 is 0.910 bits per heavy atom. The van der Waals surface area contributed by atoms with E-state index in [9.17, 15) is 8.78 Å². The zero-order valence-electron chi connectivity index (χ0n) is 37.5. The van der Waals surface area contributed by atoms with Crippen molar-refractivity contribution in [3.05, 3.63) is 221 Å². The first-order chi connectivity index (χ1) is 31.8. The zero-order valence-corrected chi connectivity index (χ0v) is 41.9. The second-order valence-electron chi connectivity index (χ2n) is 17.8. The van der Waals surface area contributed by atoms with E-state index >= 15 is 35.1 Å². The van der Waals surface area contributed by atoms with Crippen LogP contribution in [0, 0.1) is 58.2 Å². The maximum atomic E-state index is 16.7. The Morgan fingerprint density at radius 3 is 1.33 bits per heavy atom.